The van der Waals surface area contributed by atoms with Crippen LogP contribution >= 0.6 is 12.2 Å². The molecule has 0 atom stereocenters. The summed E-state index contributed by atoms with van der Waals surface area (Å²) in [5, 5.41) is 8.27. The first-order chi connectivity index (χ1) is 14.6. The van der Waals surface area contributed by atoms with E-state index in [4.69, 9.17) is 12.2 Å². The van der Waals surface area contributed by atoms with Crippen LogP contribution < -0.4 is 5.32 Å². The van der Waals surface area contributed by atoms with Crippen LogP contribution in [0.25, 0.3) is 0 Å². The van der Waals surface area contributed by atoms with Gasteiger partial charge in [-0.2, -0.15) is 5.10 Å². The molecule has 5 nitrogen and oxygen atoms in total. The van der Waals surface area contributed by atoms with Gasteiger partial charge in [-0.3, -0.25) is 9.58 Å². The van der Waals surface area contributed by atoms with E-state index < -0.39 is 11.6 Å². The number of thiocarbonyl (C=S) groups is 1. The van der Waals surface area contributed by atoms with Crippen LogP contribution in [-0.2, 0) is 13.1 Å². The topological polar surface area (TPSA) is 36.3 Å². The molecule has 0 spiro atoms. The van der Waals surface area contributed by atoms with Gasteiger partial charge in [0.15, 0.2) is 16.7 Å². The molecule has 4 rings (SSSR count). The van der Waals surface area contributed by atoms with Crippen molar-refractivity contribution in [1.29, 1.82) is 0 Å². The van der Waals surface area contributed by atoms with Crippen LogP contribution in [0, 0.1) is 11.6 Å². The number of anilines is 1. The molecule has 0 bridgehead atoms. The summed E-state index contributed by atoms with van der Waals surface area (Å²) in [7, 11) is 0. The minimum atomic E-state index is -0.802. The normalized spacial score (nSPS) is 14.7. The number of hydrogen-bond acceptors (Lipinski definition) is 3. The second-order valence-electron chi connectivity index (χ2n) is 7.32. The number of rotatable bonds is 5. The molecular weight excluding hydrogens is 404 g/mol. The average molecular weight is 428 g/mol. The molecule has 1 N–H and O–H groups in total. The number of aromatic nitrogens is 2. The molecule has 0 aliphatic carbocycles. The van der Waals surface area contributed by atoms with Crippen molar-refractivity contribution in [1.82, 2.24) is 19.6 Å². The lowest BCUT2D eigenvalue weighted by atomic mass is 10.2. The van der Waals surface area contributed by atoms with Gasteiger partial charge in [0.25, 0.3) is 0 Å². The molecular formula is C22H23F2N5S. The van der Waals surface area contributed by atoms with Gasteiger partial charge >= 0.3 is 0 Å². The van der Waals surface area contributed by atoms with Gasteiger partial charge in [-0.05, 0) is 23.8 Å². The quantitative estimate of drug-likeness (QED) is 0.628. The molecule has 1 aliphatic heterocycles. The molecule has 8 heteroatoms. The summed E-state index contributed by atoms with van der Waals surface area (Å²) < 4.78 is 29.2. The van der Waals surface area contributed by atoms with Gasteiger partial charge in [0.05, 0.1) is 18.4 Å². The predicted molar refractivity (Wildman–Crippen MR) is 117 cm³/mol. The zero-order valence-corrected chi connectivity index (χ0v) is 17.3. The molecule has 1 aliphatic rings. The molecule has 0 amide bonds. The number of nitrogens with one attached hydrogen (secondary N) is 1. The Morgan fingerprint density at radius 1 is 0.967 bits per heavy atom. The summed E-state index contributed by atoms with van der Waals surface area (Å²) in [5.41, 5.74) is 2.41. The lowest BCUT2D eigenvalue weighted by Crippen LogP contribution is -2.49. The first-order valence-corrected chi connectivity index (χ1v) is 10.3. The maximum absolute atomic E-state index is 13.9. The van der Waals surface area contributed by atoms with Gasteiger partial charge in [-0.15, -0.1) is 0 Å². The third kappa shape index (κ3) is 5.01. The van der Waals surface area contributed by atoms with Crippen LogP contribution in [-0.4, -0.2) is 50.9 Å². The maximum atomic E-state index is 13.9. The molecule has 0 saturated carbocycles. The van der Waals surface area contributed by atoms with Crippen molar-refractivity contribution in [2.24, 2.45) is 0 Å². The van der Waals surface area contributed by atoms with E-state index in [2.05, 4.69) is 32.3 Å². The number of halogens is 2. The second-order valence-corrected chi connectivity index (χ2v) is 7.71. The Kier molecular flexibility index (Phi) is 6.35. The molecule has 156 valence electrons. The third-order valence-corrected chi connectivity index (χ3v) is 5.52. The fraction of sp³-hybridized carbons (Fsp3) is 0.273. The smallest absolute Gasteiger partial charge is 0.173 e. The summed E-state index contributed by atoms with van der Waals surface area (Å²) in [4.78, 5) is 4.19. The summed E-state index contributed by atoms with van der Waals surface area (Å²) in [6.45, 7) is 3.99. The molecule has 30 heavy (non-hydrogen) atoms. The average Bonchev–Trinajstić information content (AvgIpc) is 3.19. The maximum Gasteiger partial charge on any atom is 0.173 e. The van der Waals surface area contributed by atoms with Gasteiger partial charge in [-0.25, -0.2) is 8.78 Å². The Labute approximate surface area is 179 Å². The highest BCUT2D eigenvalue weighted by molar-refractivity contribution is 7.80. The standard InChI is InChI=1S/C22H23F2N5S/c23-20-8-4-7-18(21(20)24)15-27-9-11-28(12-10-27)22(30)26-19-13-25-29(16-19)14-17-5-2-1-3-6-17/h1-8,13,16H,9-12,14-15H2,(H,26,30). The monoisotopic (exact) mass is 427 g/mol. The minimum absolute atomic E-state index is 0.384. The fourth-order valence-electron chi connectivity index (χ4n) is 3.51. The number of nitrogens with zero attached hydrogens (tertiary/aromatic N) is 4. The van der Waals surface area contributed by atoms with E-state index in [1.165, 1.54) is 5.56 Å². The molecule has 2 heterocycles. The number of piperazine rings is 1. The van der Waals surface area contributed by atoms with Crippen molar-refractivity contribution in [2.75, 3.05) is 31.5 Å². The predicted octanol–water partition coefficient (Wildman–Crippen LogP) is 3.72. The summed E-state index contributed by atoms with van der Waals surface area (Å²) in [6.07, 6.45) is 3.69. The zero-order chi connectivity index (χ0) is 20.9. The van der Waals surface area contributed by atoms with E-state index in [0.29, 0.717) is 23.8 Å². The summed E-state index contributed by atoms with van der Waals surface area (Å²) in [5.74, 6) is -1.56. The molecule has 1 fully saturated rings. The Morgan fingerprint density at radius 3 is 2.50 bits per heavy atom. The highest BCUT2D eigenvalue weighted by Crippen LogP contribution is 2.16. The SMILES string of the molecule is Fc1cccc(CN2CCN(C(=S)Nc3cnn(Cc4ccccc4)c3)CC2)c1F. The highest BCUT2D eigenvalue weighted by atomic mass is 32.1. The Bertz CT molecular complexity index is 1000. The van der Waals surface area contributed by atoms with Gasteiger partial charge in [0.1, 0.15) is 0 Å². The van der Waals surface area contributed by atoms with Crippen LogP contribution in [0.1, 0.15) is 11.1 Å². The first-order valence-electron chi connectivity index (χ1n) is 9.86. The molecule has 1 saturated heterocycles. The van der Waals surface area contributed by atoms with Crippen molar-refractivity contribution in [3.05, 3.63) is 83.7 Å². The fourth-order valence-corrected chi connectivity index (χ4v) is 3.81. The summed E-state index contributed by atoms with van der Waals surface area (Å²) in [6, 6.07) is 14.5. The van der Waals surface area contributed by atoms with E-state index in [-0.39, 0.29) is 0 Å². The van der Waals surface area contributed by atoms with Crippen LogP contribution in [0.2, 0.25) is 0 Å². The Balaban J connectivity index is 1.27. The molecule has 2 aromatic carbocycles. The summed E-state index contributed by atoms with van der Waals surface area (Å²) >= 11 is 5.55. The van der Waals surface area contributed by atoms with E-state index in [1.54, 1.807) is 18.3 Å². The number of benzene rings is 2. The van der Waals surface area contributed by atoms with Gasteiger partial charge in [0.2, 0.25) is 0 Å². The van der Waals surface area contributed by atoms with Crippen LogP contribution in [0.15, 0.2) is 60.9 Å². The van der Waals surface area contributed by atoms with Gasteiger partial charge < -0.3 is 10.2 Å². The molecule has 3 aromatic rings. The zero-order valence-electron chi connectivity index (χ0n) is 16.5. The molecule has 1 aromatic heterocycles. The minimum Gasteiger partial charge on any atom is -0.346 e. The molecule has 0 unspecified atom stereocenters. The van der Waals surface area contributed by atoms with E-state index in [9.17, 15) is 8.78 Å². The highest BCUT2D eigenvalue weighted by Gasteiger charge is 2.20. The van der Waals surface area contributed by atoms with Crippen molar-refractivity contribution >= 4 is 23.0 Å². The van der Waals surface area contributed by atoms with Crippen molar-refractivity contribution < 1.29 is 8.78 Å². The Morgan fingerprint density at radius 2 is 1.73 bits per heavy atom. The number of hydrogen-bond donors (Lipinski definition) is 1. The lowest BCUT2D eigenvalue weighted by Gasteiger charge is -2.36. The lowest BCUT2D eigenvalue weighted by molar-refractivity contribution is 0.175. The Hall–Kier alpha value is -2.84. The van der Waals surface area contributed by atoms with E-state index in [0.717, 1.165) is 37.9 Å². The second kappa shape index (κ2) is 9.32. The van der Waals surface area contributed by atoms with E-state index in [1.807, 2.05) is 29.1 Å². The van der Waals surface area contributed by atoms with Crippen molar-refractivity contribution in [2.45, 2.75) is 13.1 Å². The van der Waals surface area contributed by atoms with E-state index >= 15 is 0 Å². The van der Waals surface area contributed by atoms with Crippen LogP contribution in [0.4, 0.5) is 14.5 Å². The van der Waals surface area contributed by atoms with Crippen molar-refractivity contribution in [3.8, 4) is 0 Å². The van der Waals surface area contributed by atoms with Crippen LogP contribution in [0.5, 0.6) is 0 Å². The van der Waals surface area contributed by atoms with Gasteiger partial charge in [0, 0.05) is 44.5 Å². The van der Waals surface area contributed by atoms with Crippen LogP contribution in [0.3, 0.4) is 0 Å². The van der Waals surface area contributed by atoms with Gasteiger partial charge in [-0.1, -0.05) is 42.5 Å². The first kappa shape index (κ1) is 20.4. The van der Waals surface area contributed by atoms with Crippen molar-refractivity contribution in [3.63, 3.8) is 0 Å². The largest absolute Gasteiger partial charge is 0.346 e. The third-order valence-electron chi connectivity index (χ3n) is 5.16. The molecule has 0 radical (unpaired) electrons.